The van der Waals surface area contributed by atoms with Crippen molar-refractivity contribution in [3.63, 3.8) is 0 Å². The Morgan fingerprint density at radius 2 is 2.07 bits per heavy atom. The third kappa shape index (κ3) is 5.21. The summed E-state index contributed by atoms with van der Waals surface area (Å²) in [6.45, 7) is 2.88. The molecule has 3 aliphatic rings. The first-order chi connectivity index (χ1) is 13.1. The van der Waals surface area contributed by atoms with Crippen molar-refractivity contribution < 1.29 is 24.5 Å². The van der Waals surface area contributed by atoms with E-state index in [1.807, 2.05) is 6.08 Å². The number of carboxylic acid groups (broad SMARTS) is 1. The zero-order valence-corrected chi connectivity index (χ0v) is 16.3. The summed E-state index contributed by atoms with van der Waals surface area (Å²) in [6, 6.07) is 0. The molecule has 0 saturated carbocycles. The summed E-state index contributed by atoms with van der Waals surface area (Å²) in [5.74, 6) is 0.298. The van der Waals surface area contributed by atoms with Crippen LogP contribution in [0.3, 0.4) is 0 Å². The fourth-order valence-corrected chi connectivity index (χ4v) is 4.83. The van der Waals surface area contributed by atoms with E-state index in [0.29, 0.717) is 30.8 Å². The van der Waals surface area contributed by atoms with Crippen molar-refractivity contribution in [2.24, 2.45) is 17.8 Å². The fourth-order valence-electron chi connectivity index (χ4n) is 4.83. The van der Waals surface area contributed by atoms with Crippen molar-refractivity contribution in [3.05, 3.63) is 24.3 Å². The van der Waals surface area contributed by atoms with Gasteiger partial charge in [0.15, 0.2) is 0 Å². The maximum absolute atomic E-state index is 10.6. The zero-order valence-electron chi connectivity index (χ0n) is 16.3. The third-order valence-corrected chi connectivity index (χ3v) is 6.22. The van der Waals surface area contributed by atoms with Crippen LogP contribution in [0.1, 0.15) is 58.3 Å². The molecule has 5 nitrogen and oxygen atoms in total. The molecule has 5 heteroatoms. The van der Waals surface area contributed by atoms with Gasteiger partial charge in [0.25, 0.3) is 0 Å². The Morgan fingerprint density at radius 1 is 1.22 bits per heavy atom. The van der Waals surface area contributed by atoms with Crippen LogP contribution < -0.4 is 0 Å². The molecule has 2 bridgehead atoms. The van der Waals surface area contributed by atoms with Gasteiger partial charge in [-0.15, -0.1) is 0 Å². The largest absolute Gasteiger partial charge is 0.481 e. The zero-order chi connectivity index (χ0) is 19.2. The number of rotatable bonds is 11. The number of ether oxygens (including phenoxy) is 2. The van der Waals surface area contributed by atoms with Crippen LogP contribution >= 0.6 is 0 Å². The Kier molecular flexibility index (Phi) is 7.50. The van der Waals surface area contributed by atoms with E-state index in [1.54, 1.807) is 0 Å². The Labute approximate surface area is 162 Å². The Hall–Kier alpha value is -1.17. The number of carboxylic acids is 1. The van der Waals surface area contributed by atoms with Crippen LogP contribution in [-0.2, 0) is 14.3 Å². The predicted molar refractivity (Wildman–Crippen MR) is 103 cm³/mol. The second-order valence-electron chi connectivity index (χ2n) is 8.23. The summed E-state index contributed by atoms with van der Waals surface area (Å²) in [7, 11) is 0. The molecule has 3 heterocycles. The Balaban J connectivity index is 1.56. The topological polar surface area (TPSA) is 76.0 Å². The minimum atomic E-state index is -0.739. The molecule has 0 radical (unpaired) electrons. The van der Waals surface area contributed by atoms with E-state index in [2.05, 4.69) is 25.2 Å². The number of unbranched alkanes of at least 4 members (excludes halogenated alkanes) is 3. The summed E-state index contributed by atoms with van der Waals surface area (Å²) >= 11 is 0. The molecule has 3 rings (SSSR count). The molecule has 2 N–H and O–H groups in total. The second kappa shape index (κ2) is 9.85. The van der Waals surface area contributed by atoms with Crippen molar-refractivity contribution in [2.75, 3.05) is 6.61 Å². The molecule has 0 amide bonds. The molecule has 0 aromatic carbocycles. The van der Waals surface area contributed by atoms with Crippen molar-refractivity contribution in [1.82, 2.24) is 0 Å². The van der Waals surface area contributed by atoms with Gasteiger partial charge in [-0.25, -0.2) is 0 Å². The molecule has 0 aromatic rings. The van der Waals surface area contributed by atoms with Crippen LogP contribution in [0.25, 0.3) is 0 Å². The van der Waals surface area contributed by atoms with Gasteiger partial charge in [0.05, 0.1) is 31.0 Å². The average molecular weight is 379 g/mol. The number of aliphatic carboxylic acids is 1. The van der Waals surface area contributed by atoms with Gasteiger partial charge in [-0.2, -0.15) is 0 Å². The average Bonchev–Trinajstić information content (AvgIpc) is 3.21. The molecule has 1 unspecified atom stereocenters. The van der Waals surface area contributed by atoms with Gasteiger partial charge in [-0.05, 0) is 19.3 Å². The molecule has 27 heavy (non-hydrogen) atoms. The number of allylic oxidation sites excluding steroid dienone is 1. The summed E-state index contributed by atoms with van der Waals surface area (Å²) < 4.78 is 12.2. The molecule has 3 fully saturated rings. The summed E-state index contributed by atoms with van der Waals surface area (Å²) in [5.41, 5.74) is 0. The molecule has 0 aliphatic carbocycles. The van der Waals surface area contributed by atoms with Crippen molar-refractivity contribution >= 4 is 5.97 Å². The molecule has 7 atom stereocenters. The summed E-state index contributed by atoms with van der Waals surface area (Å²) in [4.78, 5) is 10.6. The van der Waals surface area contributed by atoms with Crippen LogP contribution in [0.4, 0.5) is 0 Å². The number of aliphatic hydroxyl groups excluding tert-OH is 1. The van der Waals surface area contributed by atoms with Crippen LogP contribution in [-0.4, -0.2) is 47.2 Å². The highest BCUT2D eigenvalue weighted by Gasteiger charge is 2.57. The van der Waals surface area contributed by atoms with Crippen molar-refractivity contribution in [1.29, 1.82) is 0 Å². The van der Waals surface area contributed by atoms with Gasteiger partial charge >= 0.3 is 5.97 Å². The first-order valence-electron chi connectivity index (χ1n) is 10.6. The minimum absolute atomic E-state index is 0.157. The highest BCUT2D eigenvalue weighted by atomic mass is 16.6. The molecule has 3 saturated heterocycles. The summed E-state index contributed by atoms with van der Waals surface area (Å²) in [6.07, 6.45) is 15.5. The quantitative estimate of drug-likeness (QED) is 0.423. The van der Waals surface area contributed by atoms with E-state index in [1.165, 1.54) is 12.8 Å². The van der Waals surface area contributed by atoms with Gasteiger partial charge in [0, 0.05) is 30.6 Å². The summed E-state index contributed by atoms with van der Waals surface area (Å²) in [5, 5.41) is 19.0. The predicted octanol–water partition coefficient (Wildman–Crippen LogP) is 3.71. The third-order valence-electron chi connectivity index (χ3n) is 6.22. The molecular formula is C22H34O5. The highest BCUT2D eigenvalue weighted by molar-refractivity contribution is 5.66. The number of carbonyl (C=O) groups is 1. The Morgan fingerprint density at radius 3 is 2.85 bits per heavy atom. The number of aliphatic hydroxyl groups is 1. The van der Waals surface area contributed by atoms with Crippen LogP contribution in [0, 0.1) is 17.8 Å². The highest BCUT2D eigenvalue weighted by Crippen LogP contribution is 2.51. The molecule has 0 spiro atoms. The lowest BCUT2D eigenvalue weighted by molar-refractivity contribution is -0.137. The smallest absolute Gasteiger partial charge is 0.303 e. The number of hydrogen-bond acceptors (Lipinski definition) is 4. The minimum Gasteiger partial charge on any atom is -0.481 e. The number of hydrogen-bond donors (Lipinski definition) is 2. The molecule has 152 valence electrons. The number of fused-ring (bicyclic) bond motifs is 1. The van der Waals surface area contributed by atoms with Crippen LogP contribution in [0.15, 0.2) is 24.3 Å². The van der Waals surface area contributed by atoms with E-state index in [4.69, 9.17) is 14.6 Å². The normalized spacial score (nSPS) is 36.1. The molecule has 0 aromatic heterocycles. The van der Waals surface area contributed by atoms with Crippen LogP contribution in [0.2, 0.25) is 0 Å². The first kappa shape index (κ1) is 20.6. The fraction of sp³-hybridized carbons (Fsp3) is 0.773. The van der Waals surface area contributed by atoms with E-state index in [-0.39, 0.29) is 30.8 Å². The van der Waals surface area contributed by atoms with Crippen LogP contribution in [0.5, 0.6) is 0 Å². The van der Waals surface area contributed by atoms with Crippen molar-refractivity contribution in [3.8, 4) is 0 Å². The maximum atomic E-state index is 10.6. The first-order valence-corrected chi connectivity index (χ1v) is 10.6. The van der Waals surface area contributed by atoms with E-state index >= 15 is 0 Å². The monoisotopic (exact) mass is 378 g/mol. The molecule has 3 aliphatic heterocycles. The van der Waals surface area contributed by atoms with Gasteiger partial charge < -0.3 is 19.7 Å². The van der Waals surface area contributed by atoms with Gasteiger partial charge in [0.1, 0.15) is 0 Å². The van der Waals surface area contributed by atoms with Crippen molar-refractivity contribution in [2.45, 2.75) is 82.7 Å². The van der Waals surface area contributed by atoms with E-state index in [9.17, 15) is 9.90 Å². The maximum Gasteiger partial charge on any atom is 0.303 e. The lowest BCUT2D eigenvalue weighted by Crippen LogP contribution is -2.47. The van der Waals surface area contributed by atoms with Gasteiger partial charge in [0.2, 0.25) is 0 Å². The van der Waals surface area contributed by atoms with E-state index < -0.39 is 5.97 Å². The van der Waals surface area contributed by atoms with Gasteiger partial charge in [-0.1, -0.05) is 50.5 Å². The lowest BCUT2D eigenvalue weighted by atomic mass is 9.69. The molecular weight excluding hydrogens is 344 g/mol. The lowest BCUT2D eigenvalue weighted by Gasteiger charge is -2.40. The van der Waals surface area contributed by atoms with Gasteiger partial charge in [-0.3, -0.25) is 4.79 Å². The van der Waals surface area contributed by atoms with E-state index in [0.717, 1.165) is 25.7 Å². The standard InChI is InChI=1S/C22H34O5/c1-2-3-5-9-16(23)11-12-17-18-13-19-22(27-18)21(17)15(14-26-19)8-6-4-7-10-20(24)25/h6,8,11-12,15-19,21-23H,2-5,7,9-10,13-14H2,1H3,(H,24,25)/t15?,16-,17-,18-,19-,21+,22+/m1/s1. The SMILES string of the molecule is CCCCC[C@@H](O)C=C[C@H]1[C@@H]2C(C=CCCCC(=O)O)CO[C@@H]3C[C@H]1O[C@H]23. The second-order valence-corrected chi connectivity index (χ2v) is 8.23. The Bertz CT molecular complexity index is 543.